The Hall–Kier alpha value is -0.810. The van der Waals surface area contributed by atoms with Crippen molar-refractivity contribution in [3.8, 4) is 0 Å². The largest absolute Gasteiger partial charge is 0.468 e. The van der Waals surface area contributed by atoms with Gasteiger partial charge in [-0.05, 0) is 22.0 Å². The van der Waals surface area contributed by atoms with Gasteiger partial charge in [-0.3, -0.25) is 4.79 Å². The van der Waals surface area contributed by atoms with Gasteiger partial charge < -0.3 is 9.64 Å². The van der Waals surface area contributed by atoms with E-state index in [4.69, 9.17) is 11.6 Å². The van der Waals surface area contributed by atoms with Crippen molar-refractivity contribution >= 4 is 39.3 Å². The topological polar surface area (TPSA) is 42.4 Å². The van der Waals surface area contributed by atoms with Crippen LogP contribution < -0.4 is 4.90 Å². The molecule has 0 aliphatic heterocycles. The number of esters is 1. The predicted octanol–water partition coefficient (Wildman–Crippen LogP) is 2.11. The molecule has 0 radical (unpaired) electrons. The number of ether oxygens (including phenoxy) is 1. The number of pyridine rings is 1. The minimum Gasteiger partial charge on any atom is -0.468 e. The highest BCUT2D eigenvalue weighted by molar-refractivity contribution is 9.10. The lowest BCUT2D eigenvalue weighted by Gasteiger charge is -2.17. The quantitative estimate of drug-likeness (QED) is 0.801. The number of rotatable bonds is 3. The normalized spacial score (nSPS) is 9.87. The van der Waals surface area contributed by atoms with Crippen LogP contribution in [0.5, 0.6) is 0 Å². The lowest BCUT2D eigenvalue weighted by atomic mass is 10.4. The molecule has 1 heterocycles. The van der Waals surface area contributed by atoms with Crippen LogP contribution in [0, 0.1) is 0 Å². The number of nitrogens with zero attached hydrogens (tertiary/aromatic N) is 2. The average molecular weight is 294 g/mol. The zero-order valence-corrected chi connectivity index (χ0v) is 10.7. The number of halogens is 2. The molecule has 0 N–H and O–H groups in total. The molecule has 0 saturated carbocycles. The van der Waals surface area contributed by atoms with Crippen LogP contribution >= 0.6 is 27.5 Å². The number of methoxy groups -OCH3 is 1. The van der Waals surface area contributed by atoms with E-state index in [1.807, 2.05) is 0 Å². The molecule has 0 atom stereocenters. The van der Waals surface area contributed by atoms with Gasteiger partial charge in [0.05, 0.1) is 12.1 Å². The Morgan fingerprint density at radius 1 is 1.73 bits per heavy atom. The molecule has 1 aromatic heterocycles. The molecule has 82 valence electrons. The van der Waals surface area contributed by atoms with Crippen molar-refractivity contribution in [1.29, 1.82) is 0 Å². The molecule has 0 fully saturated rings. The molecule has 15 heavy (non-hydrogen) atoms. The van der Waals surface area contributed by atoms with Crippen LogP contribution in [0.3, 0.4) is 0 Å². The number of hydrogen-bond donors (Lipinski definition) is 0. The van der Waals surface area contributed by atoms with Gasteiger partial charge in [0.2, 0.25) is 0 Å². The van der Waals surface area contributed by atoms with Crippen molar-refractivity contribution in [3.05, 3.63) is 21.8 Å². The monoisotopic (exact) mass is 292 g/mol. The fraction of sp³-hybridized carbons (Fsp3) is 0.333. The predicted molar refractivity (Wildman–Crippen MR) is 62.2 cm³/mol. The Bertz CT molecular complexity index is 373. The fourth-order valence-electron chi connectivity index (χ4n) is 1.02. The summed E-state index contributed by atoms with van der Waals surface area (Å²) in [5.74, 6) is 0.212. The lowest BCUT2D eigenvalue weighted by Crippen LogP contribution is -2.27. The second-order valence-corrected chi connectivity index (χ2v) is 4.21. The molecular weight excluding hydrogens is 283 g/mol. The van der Waals surface area contributed by atoms with E-state index in [-0.39, 0.29) is 12.5 Å². The van der Waals surface area contributed by atoms with Crippen LogP contribution in [-0.2, 0) is 9.53 Å². The van der Waals surface area contributed by atoms with Crippen LogP contribution in [0.25, 0.3) is 0 Å². The molecule has 1 rings (SSSR count). The smallest absolute Gasteiger partial charge is 0.325 e. The summed E-state index contributed by atoms with van der Waals surface area (Å²) in [6.45, 7) is 0.116. The molecule has 6 heteroatoms. The first-order valence-electron chi connectivity index (χ1n) is 4.13. The van der Waals surface area contributed by atoms with Gasteiger partial charge in [0.25, 0.3) is 0 Å². The first kappa shape index (κ1) is 12.3. The summed E-state index contributed by atoms with van der Waals surface area (Å²) < 4.78 is 5.34. The number of aromatic nitrogens is 1. The molecular formula is C9H10BrClN2O2. The van der Waals surface area contributed by atoms with Gasteiger partial charge in [-0.25, -0.2) is 4.98 Å². The van der Waals surface area contributed by atoms with Crippen molar-refractivity contribution < 1.29 is 9.53 Å². The van der Waals surface area contributed by atoms with Crippen molar-refractivity contribution in [1.82, 2.24) is 4.98 Å². The van der Waals surface area contributed by atoms with Gasteiger partial charge >= 0.3 is 5.97 Å². The minimum atomic E-state index is -0.335. The van der Waals surface area contributed by atoms with Gasteiger partial charge in [0.15, 0.2) is 0 Å². The van der Waals surface area contributed by atoms with Crippen LogP contribution in [0.4, 0.5) is 5.82 Å². The molecule has 0 amide bonds. The van der Waals surface area contributed by atoms with E-state index in [0.717, 1.165) is 4.47 Å². The van der Waals surface area contributed by atoms with E-state index in [2.05, 4.69) is 25.7 Å². The Morgan fingerprint density at radius 2 is 2.40 bits per heavy atom. The summed E-state index contributed by atoms with van der Waals surface area (Å²) in [5.41, 5.74) is 0. The van der Waals surface area contributed by atoms with Crippen LogP contribution in [0.2, 0.25) is 5.02 Å². The van der Waals surface area contributed by atoms with Gasteiger partial charge in [0.1, 0.15) is 12.4 Å². The summed E-state index contributed by atoms with van der Waals surface area (Å²) in [4.78, 5) is 16.8. The third-order valence-electron chi connectivity index (χ3n) is 1.74. The zero-order valence-electron chi connectivity index (χ0n) is 8.33. The summed E-state index contributed by atoms with van der Waals surface area (Å²) in [6, 6.07) is 1.72. The number of carbonyl (C=O) groups excluding carboxylic acids is 1. The molecule has 4 nitrogen and oxygen atoms in total. The van der Waals surface area contributed by atoms with E-state index in [0.29, 0.717) is 10.8 Å². The third-order valence-corrected chi connectivity index (χ3v) is 2.46. The number of anilines is 1. The molecule has 0 aliphatic rings. The number of carbonyl (C=O) groups is 1. The minimum absolute atomic E-state index is 0.116. The highest BCUT2D eigenvalue weighted by Gasteiger charge is 2.11. The lowest BCUT2D eigenvalue weighted by molar-refractivity contribution is -0.138. The van der Waals surface area contributed by atoms with Crippen LogP contribution in [0.15, 0.2) is 16.7 Å². The van der Waals surface area contributed by atoms with Crippen LogP contribution in [-0.4, -0.2) is 31.7 Å². The summed E-state index contributed by atoms with van der Waals surface area (Å²) in [5, 5.41) is 0.482. The number of likely N-dealkylation sites (N-methyl/N-ethyl adjacent to an activating group) is 1. The first-order valence-corrected chi connectivity index (χ1v) is 5.30. The Labute approximate surface area is 101 Å². The maximum Gasteiger partial charge on any atom is 0.325 e. The van der Waals surface area contributed by atoms with Crippen LogP contribution in [0.1, 0.15) is 0 Å². The van der Waals surface area contributed by atoms with E-state index in [1.165, 1.54) is 7.11 Å². The van der Waals surface area contributed by atoms with E-state index in [9.17, 15) is 4.79 Å². The van der Waals surface area contributed by atoms with Gasteiger partial charge in [0, 0.05) is 17.7 Å². The Balaban J connectivity index is 2.82. The van der Waals surface area contributed by atoms with Gasteiger partial charge in [-0.1, -0.05) is 11.6 Å². The van der Waals surface area contributed by atoms with Gasteiger partial charge in [-0.2, -0.15) is 0 Å². The van der Waals surface area contributed by atoms with Crippen molar-refractivity contribution in [2.24, 2.45) is 0 Å². The summed E-state index contributed by atoms with van der Waals surface area (Å²) in [6.07, 6.45) is 1.62. The molecule has 0 unspecified atom stereocenters. The van der Waals surface area contributed by atoms with Crippen molar-refractivity contribution in [3.63, 3.8) is 0 Å². The van der Waals surface area contributed by atoms with Crippen molar-refractivity contribution in [2.45, 2.75) is 0 Å². The van der Waals surface area contributed by atoms with E-state index in [1.54, 1.807) is 24.2 Å². The van der Waals surface area contributed by atoms with Crippen molar-refractivity contribution in [2.75, 3.05) is 25.6 Å². The van der Waals surface area contributed by atoms with E-state index < -0.39 is 0 Å². The highest BCUT2D eigenvalue weighted by Crippen LogP contribution is 2.25. The maximum absolute atomic E-state index is 11.0. The third kappa shape index (κ3) is 3.35. The average Bonchev–Trinajstić information content (AvgIpc) is 2.17. The van der Waals surface area contributed by atoms with E-state index >= 15 is 0 Å². The molecule has 0 saturated heterocycles. The number of hydrogen-bond acceptors (Lipinski definition) is 4. The molecule has 0 spiro atoms. The highest BCUT2D eigenvalue weighted by atomic mass is 79.9. The molecule has 0 aliphatic carbocycles. The SMILES string of the molecule is COC(=O)CN(C)c1ncc(Br)cc1Cl. The Kier molecular flexibility index (Phi) is 4.35. The molecule has 0 aromatic carbocycles. The first-order chi connectivity index (χ1) is 7.04. The fourth-order valence-corrected chi connectivity index (χ4v) is 1.80. The standard InChI is InChI=1S/C9H10BrClN2O2/c1-13(5-8(14)15-2)9-7(11)3-6(10)4-12-9/h3-4H,5H2,1-2H3. The second-order valence-electron chi connectivity index (χ2n) is 2.89. The second kappa shape index (κ2) is 5.32. The molecule has 0 bridgehead atoms. The molecule has 1 aromatic rings. The van der Waals surface area contributed by atoms with Gasteiger partial charge in [-0.15, -0.1) is 0 Å². The summed E-state index contributed by atoms with van der Waals surface area (Å²) >= 11 is 9.22. The maximum atomic E-state index is 11.0. The zero-order chi connectivity index (χ0) is 11.4. The summed E-state index contributed by atoms with van der Waals surface area (Å²) in [7, 11) is 3.06. The Morgan fingerprint density at radius 3 is 2.93 bits per heavy atom.